The standard InChI is InChI=1S/C19H26N4O2S/c1-2-21-9-11-22(12-10-21)16(24)7-8-23-13-20-18-17(19(23)25)14-5-3-4-6-15(14)26-18/h13H,2-12H2,1H3. The number of aromatic nitrogens is 2. The number of rotatable bonds is 4. The molecule has 1 aliphatic heterocycles. The Bertz CT molecular complexity index is 864. The molecule has 2 aromatic heterocycles. The minimum absolute atomic E-state index is 0.0259. The largest absolute Gasteiger partial charge is 0.340 e. The van der Waals surface area contributed by atoms with E-state index in [1.807, 2.05) is 4.90 Å². The second kappa shape index (κ2) is 7.48. The van der Waals surface area contributed by atoms with Crippen LogP contribution in [-0.4, -0.2) is 58.0 Å². The summed E-state index contributed by atoms with van der Waals surface area (Å²) in [6.45, 7) is 7.06. The second-order valence-corrected chi connectivity index (χ2v) is 8.28. The molecule has 3 heterocycles. The maximum absolute atomic E-state index is 12.9. The van der Waals surface area contributed by atoms with Crippen molar-refractivity contribution in [3.05, 3.63) is 27.1 Å². The summed E-state index contributed by atoms with van der Waals surface area (Å²) < 4.78 is 1.63. The Morgan fingerprint density at radius 3 is 2.73 bits per heavy atom. The molecule has 2 aromatic rings. The molecule has 1 aliphatic carbocycles. The zero-order valence-electron chi connectivity index (χ0n) is 15.4. The molecule has 0 radical (unpaired) electrons. The average molecular weight is 375 g/mol. The van der Waals surface area contributed by atoms with Crippen LogP contribution in [0.15, 0.2) is 11.1 Å². The van der Waals surface area contributed by atoms with Crippen molar-refractivity contribution >= 4 is 27.5 Å². The lowest BCUT2D eigenvalue weighted by Gasteiger charge is -2.34. The number of likely N-dealkylation sites (N-methyl/N-ethyl adjacent to an activating group) is 1. The predicted molar refractivity (Wildman–Crippen MR) is 104 cm³/mol. The first kappa shape index (κ1) is 17.7. The van der Waals surface area contributed by atoms with E-state index in [1.54, 1.807) is 22.2 Å². The van der Waals surface area contributed by atoms with Crippen LogP contribution in [0.4, 0.5) is 0 Å². The highest BCUT2D eigenvalue weighted by atomic mass is 32.1. The minimum atomic E-state index is 0.0259. The fourth-order valence-corrected chi connectivity index (χ4v) is 5.25. The molecule has 26 heavy (non-hydrogen) atoms. The van der Waals surface area contributed by atoms with Crippen LogP contribution >= 0.6 is 11.3 Å². The Hall–Kier alpha value is -1.73. The summed E-state index contributed by atoms with van der Waals surface area (Å²) >= 11 is 1.67. The molecule has 6 nitrogen and oxygen atoms in total. The second-order valence-electron chi connectivity index (χ2n) is 7.20. The molecule has 1 saturated heterocycles. The third-order valence-corrected chi connectivity index (χ3v) is 6.88. The third-order valence-electron chi connectivity index (χ3n) is 5.68. The molecular weight excluding hydrogens is 348 g/mol. The summed E-state index contributed by atoms with van der Waals surface area (Å²) in [5.41, 5.74) is 1.24. The highest BCUT2D eigenvalue weighted by Gasteiger charge is 2.22. The number of hydrogen-bond acceptors (Lipinski definition) is 5. The zero-order valence-corrected chi connectivity index (χ0v) is 16.2. The van der Waals surface area contributed by atoms with Crippen molar-refractivity contribution in [3.8, 4) is 0 Å². The van der Waals surface area contributed by atoms with E-state index in [-0.39, 0.29) is 11.5 Å². The lowest BCUT2D eigenvalue weighted by atomic mass is 9.97. The Kier molecular flexibility index (Phi) is 5.09. The topological polar surface area (TPSA) is 58.4 Å². The number of aryl methyl sites for hydroxylation is 3. The molecule has 140 valence electrons. The molecule has 1 amide bonds. The summed E-state index contributed by atoms with van der Waals surface area (Å²) in [6.07, 6.45) is 6.39. The molecule has 1 fully saturated rings. The monoisotopic (exact) mass is 374 g/mol. The minimum Gasteiger partial charge on any atom is -0.340 e. The summed E-state index contributed by atoms with van der Waals surface area (Å²) in [6, 6.07) is 0. The smallest absolute Gasteiger partial charge is 0.262 e. The molecule has 0 atom stereocenters. The predicted octanol–water partition coefficient (Wildman–Crippen LogP) is 1.89. The molecule has 0 spiro atoms. The van der Waals surface area contributed by atoms with Gasteiger partial charge in [0.05, 0.1) is 11.7 Å². The number of piperazine rings is 1. The van der Waals surface area contributed by atoms with Gasteiger partial charge in [0.2, 0.25) is 5.91 Å². The van der Waals surface area contributed by atoms with Gasteiger partial charge in [-0.1, -0.05) is 6.92 Å². The van der Waals surface area contributed by atoms with Crippen LogP contribution in [0.5, 0.6) is 0 Å². The van der Waals surface area contributed by atoms with E-state index in [0.29, 0.717) is 13.0 Å². The SMILES string of the molecule is CCN1CCN(C(=O)CCn2cnc3sc4c(c3c2=O)CCCC4)CC1. The van der Waals surface area contributed by atoms with Crippen LogP contribution in [0.1, 0.15) is 36.6 Å². The molecule has 0 aromatic carbocycles. The van der Waals surface area contributed by atoms with Gasteiger partial charge in [0.25, 0.3) is 5.56 Å². The Morgan fingerprint density at radius 1 is 1.19 bits per heavy atom. The van der Waals surface area contributed by atoms with Crippen molar-refractivity contribution in [1.82, 2.24) is 19.4 Å². The lowest BCUT2D eigenvalue weighted by Crippen LogP contribution is -2.48. The molecule has 0 saturated carbocycles. The van der Waals surface area contributed by atoms with Crippen LogP contribution in [0.3, 0.4) is 0 Å². The van der Waals surface area contributed by atoms with E-state index in [4.69, 9.17) is 0 Å². The van der Waals surface area contributed by atoms with Crippen LogP contribution in [0.2, 0.25) is 0 Å². The summed E-state index contributed by atoms with van der Waals surface area (Å²) in [4.78, 5) is 36.4. The van der Waals surface area contributed by atoms with Crippen molar-refractivity contribution in [2.24, 2.45) is 0 Å². The van der Waals surface area contributed by atoms with Gasteiger partial charge in [-0.15, -0.1) is 11.3 Å². The van der Waals surface area contributed by atoms with E-state index >= 15 is 0 Å². The fraction of sp³-hybridized carbons (Fsp3) is 0.632. The van der Waals surface area contributed by atoms with E-state index in [0.717, 1.165) is 62.2 Å². The van der Waals surface area contributed by atoms with Gasteiger partial charge in [-0.3, -0.25) is 14.2 Å². The Morgan fingerprint density at radius 2 is 1.96 bits per heavy atom. The maximum Gasteiger partial charge on any atom is 0.262 e. The van der Waals surface area contributed by atoms with Gasteiger partial charge < -0.3 is 9.80 Å². The summed E-state index contributed by atoms with van der Waals surface area (Å²) in [7, 11) is 0. The third kappa shape index (κ3) is 3.30. The molecule has 7 heteroatoms. The van der Waals surface area contributed by atoms with Gasteiger partial charge in [0.15, 0.2) is 0 Å². The molecule has 2 aliphatic rings. The number of carbonyl (C=O) groups is 1. The highest BCUT2D eigenvalue weighted by molar-refractivity contribution is 7.18. The van der Waals surface area contributed by atoms with Crippen molar-refractivity contribution in [1.29, 1.82) is 0 Å². The normalized spacial score (nSPS) is 18.3. The summed E-state index contributed by atoms with van der Waals surface area (Å²) in [5.74, 6) is 0.139. The van der Waals surface area contributed by atoms with Crippen molar-refractivity contribution in [2.75, 3.05) is 32.7 Å². The number of carbonyl (C=O) groups excluding carboxylic acids is 1. The number of thiophene rings is 1. The van der Waals surface area contributed by atoms with Gasteiger partial charge >= 0.3 is 0 Å². The quantitative estimate of drug-likeness (QED) is 0.820. The first-order valence-corrected chi connectivity index (χ1v) is 10.5. The van der Waals surface area contributed by atoms with Crippen molar-refractivity contribution in [2.45, 2.75) is 45.6 Å². The van der Waals surface area contributed by atoms with Gasteiger partial charge in [-0.2, -0.15) is 0 Å². The molecule has 0 N–H and O–H groups in total. The van der Waals surface area contributed by atoms with Crippen molar-refractivity contribution in [3.63, 3.8) is 0 Å². The first-order valence-electron chi connectivity index (χ1n) is 9.67. The maximum atomic E-state index is 12.9. The van der Waals surface area contributed by atoms with Crippen LogP contribution in [-0.2, 0) is 24.2 Å². The van der Waals surface area contributed by atoms with E-state index in [1.165, 1.54) is 16.9 Å². The molecule has 0 bridgehead atoms. The number of nitrogens with zero attached hydrogens (tertiary/aromatic N) is 4. The zero-order chi connectivity index (χ0) is 18.1. The van der Waals surface area contributed by atoms with Crippen LogP contribution < -0.4 is 5.56 Å². The highest BCUT2D eigenvalue weighted by Crippen LogP contribution is 2.33. The molecule has 0 unspecified atom stereocenters. The van der Waals surface area contributed by atoms with Crippen LogP contribution in [0.25, 0.3) is 10.2 Å². The lowest BCUT2D eigenvalue weighted by molar-refractivity contribution is -0.133. The van der Waals surface area contributed by atoms with Gasteiger partial charge in [-0.05, 0) is 37.8 Å². The van der Waals surface area contributed by atoms with Gasteiger partial charge in [-0.25, -0.2) is 4.98 Å². The first-order chi connectivity index (χ1) is 12.7. The average Bonchev–Trinajstić information content (AvgIpc) is 3.06. The van der Waals surface area contributed by atoms with E-state index < -0.39 is 0 Å². The number of fused-ring (bicyclic) bond motifs is 3. The van der Waals surface area contributed by atoms with Gasteiger partial charge in [0, 0.05) is 44.0 Å². The number of amides is 1. The van der Waals surface area contributed by atoms with Crippen LogP contribution in [0, 0.1) is 0 Å². The Labute approximate surface area is 157 Å². The fourth-order valence-electron chi connectivity index (χ4n) is 4.03. The number of hydrogen-bond donors (Lipinski definition) is 0. The molecule has 4 rings (SSSR count). The van der Waals surface area contributed by atoms with Crippen molar-refractivity contribution < 1.29 is 4.79 Å². The van der Waals surface area contributed by atoms with E-state index in [2.05, 4.69) is 16.8 Å². The Balaban J connectivity index is 1.47. The summed E-state index contributed by atoms with van der Waals surface area (Å²) in [5, 5.41) is 0.802. The molecular formula is C19H26N4O2S. The van der Waals surface area contributed by atoms with E-state index in [9.17, 15) is 9.59 Å². The van der Waals surface area contributed by atoms with Gasteiger partial charge in [0.1, 0.15) is 4.83 Å².